The first kappa shape index (κ1) is 13.0. The standard InChI is InChI=1S/C15H16N2O3/c1-16-12-6-7-14(16)13(15(18)9-12)8-10-2-4-11(5-3-10)17(19)20/h2-5,8,12,14H,6-7,9H2,1H3/b13-8+/t12-,14+/m0/s1. The Morgan fingerprint density at radius 3 is 2.65 bits per heavy atom. The summed E-state index contributed by atoms with van der Waals surface area (Å²) in [6.07, 6.45) is 4.57. The third kappa shape index (κ3) is 2.14. The van der Waals surface area contributed by atoms with Crippen LogP contribution in [0.15, 0.2) is 29.8 Å². The fraction of sp³-hybridized carbons (Fsp3) is 0.400. The molecule has 0 radical (unpaired) electrons. The number of likely N-dealkylation sites (N-methyl/N-ethyl adjacent to an activating group) is 1. The van der Waals surface area contributed by atoms with Crippen LogP contribution in [0.2, 0.25) is 0 Å². The third-order valence-electron chi connectivity index (χ3n) is 4.37. The van der Waals surface area contributed by atoms with Crippen LogP contribution in [0.5, 0.6) is 0 Å². The van der Waals surface area contributed by atoms with Crippen molar-refractivity contribution in [2.45, 2.75) is 31.3 Å². The van der Waals surface area contributed by atoms with Gasteiger partial charge >= 0.3 is 0 Å². The highest BCUT2D eigenvalue weighted by Crippen LogP contribution is 2.36. The van der Waals surface area contributed by atoms with Gasteiger partial charge in [-0.2, -0.15) is 0 Å². The van der Waals surface area contributed by atoms with Gasteiger partial charge in [0, 0.05) is 36.2 Å². The van der Waals surface area contributed by atoms with Crippen molar-refractivity contribution in [3.8, 4) is 0 Å². The molecule has 2 saturated heterocycles. The van der Waals surface area contributed by atoms with E-state index in [4.69, 9.17) is 0 Å². The van der Waals surface area contributed by atoms with Gasteiger partial charge in [0.1, 0.15) is 0 Å². The Kier molecular flexibility index (Phi) is 3.14. The van der Waals surface area contributed by atoms with Crippen LogP contribution in [0, 0.1) is 10.1 Å². The van der Waals surface area contributed by atoms with Crippen molar-refractivity contribution >= 4 is 17.5 Å². The number of fused-ring (bicyclic) bond motifs is 2. The highest BCUT2D eigenvalue weighted by atomic mass is 16.6. The van der Waals surface area contributed by atoms with E-state index in [0.717, 1.165) is 24.0 Å². The molecule has 1 aromatic rings. The minimum absolute atomic E-state index is 0.0696. The molecule has 0 spiro atoms. The van der Waals surface area contributed by atoms with Crippen LogP contribution in [0.4, 0.5) is 5.69 Å². The summed E-state index contributed by atoms with van der Waals surface area (Å²) in [5, 5.41) is 10.6. The van der Waals surface area contributed by atoms with Gasteiger partial charge in [-0.15, -0.1) is 0 Å². The van der Waals surface area contributed by atoms with Crippen molar-refractivity contribution < 1.29 is 9.72 Å². The van der Waals surface area contributed by atoms with Crippen molar-refractivity contribution in [2.75, 3.05) is 7.05 Å². The first-order chi connectivity index (χ1) is 9.56. The number of carbonyl (C=O) groups excluding carboxylic acids is 1. The number of nitrogens with zero attached hydrogens (tertiary/aromatic N) is 2. The van der Waals surface area contributed by atoms with Crippen molar-refractivity contribution in [3.63, 3.8) is 0 Å². The normalized spacial score (nSPS) is 28.1. The number of nitro benzene ring substituents is 1. The largest absolute Gasteiger partial charge is 0.296 e. The zero-order valence-electron chi connectivity index (χ0n) is 11.3. The second-order valence-corrected chi connectivity index (χ2v) is 5.49. The van der Waals surface area contributed by atoms with Gasteiger partial charge in [-0.25, -0.2) is 0 Å². The van der Waals surface area contributed by atoms with Gasteiger partial charge in [0.2, 0.25) is 0 Å². The molecule has 2 aliphatic rings. The summed E-state index contributed by atoms with van der Waals surface area (Å²) in [5.41, 5.74) is 1.76. The molecule has 2 aliphatic heterocycles. The fourth-order valence-corrected chi connectivity index (χ4v) is 3.20. The lowest BCUT2D eigenvalue weighted by Gasteiger charge is -2.32. The zero-order chi connectivity index (χ0) is 14.3. The quantitative estimate of drug-likeness (QED) is 0.471. The molecule has 0 unspecified atom stereocenters. The summed E-state index contributed by atoms with van der Waals surface area (Å²) in [6.45, 7) is 0. The summed E-state index contributed by atoms with van der Waals surface area (Å²) < 4.78 is 0. The molecule has 0 aliphatic carbocycles. The van der Waals surface area contributed by atoms with Gasteiger partial charge in [0.25, 0.3) is 5.69 Å². The summed E-state index contributed by atoms with van der Waals surface area (Å²) in [5.74, 6) is 0.217. The van der Waals surface area contributed by atoms with Crippen LogP contribution in [0.3, 0.4) is 0 Å². The molecule has 2 fully saturated rings. The number of nitro groups is 1. The van der Waals surface area contributed by atoms with Crippen molar-refractivity contribution in [1.29, 1.82) is 0 Å². The maximum atomic E-state index is 12.2. The second kappa shape index (κ2) is 4.83. The number of carbonyl (C=O) groups is 1. The van der Waals surface area contributed by atoms with Crippen LogP contribution < -0.4 is 0 Å². The van der Waals surface area contributed by atoms with Crippen molar-refractivity contribution in [1.82, 2.24) is 4.90 Å². The van der Waals surface area contributed by atoms with Crippen molar-refractivity contribution in [3.05, 3.63) is 45.5 Å². The number of piperidine rings is 1. The summed E-state index contributed by atoms with van der Waals surface area (Å²) in [7, 11) is 2.07. The predicted molar refractivity (Wildman–Crippen MR) is 75.3 cm³/mol. The lowest BCUT2D eigenvalue weighted by Crippen LogP contribution is -2.41. The van der Waals surface area contributed by atoms with Crippen LogP contribution in [0.1, 0.15) is 24.8 Å². The Hall–Kier alpha value is -2.01. The highest BCUT2D eigenvalue weighted by Gasteiger charge is 2.41. The van der Waals surface area contributed by atoms with Gasteiger partial charge in [-0.3, -0.25) is 19.8 Å². The smallest absolute Gasteiger partial charge is 0.269 e. The molecule has 0 amide bonds. The van der Waals surface area contributed by atoms with Crippen molar-refractivity contribution in [2.24, 2.45) is 0 Å². The molecule has 0 N–H and O–H groups in total. The van der Waals surface area contributed by atoms with E-state index in [9.17, 15) is 14.9 Å². The molecule has 20 heavy (non-hydrogen) atoms. The SMILES string of the molecule is CN1[C@H]2CC[C@@H]1/C(=C\c1ccc([N+](=O)[O-])cc1)C(=O)C2. The predicted octanol–water partition coefficient (Wildman–Crippen LogP) is 2.41. The summed E-state index contributed by atoms with van der Waals surface area (Å²) in [4.78, 5) is 24.7. The first-order valence-corrected chi connectivity index (χ1v) is 6.77. The molecule has 0 saturated carbocycles. The number of rotatable bonds is 2. The van der Waals surface area contributed by atoms with E-state index in [2.05, 4.69) is 11.9 Å². The third-order valence-corrected chi connectivity index (χ3v) is 4.37. The number of non-ortho nitro benzene ring substituents is 1. The molecule has 5 heteroatoms. The maximum absolute atomic E-state index is 12.2. The molecular formula is C15H16N2O3. The monoisotopic (exact) mass is 272 g/mol. The average Bonchev–Trinajstić information content (AvgIpc) is 2.68. The fourth-order valence-electron chi connectivity index (χ4n) is 3.20. The van der Waals surface area contributed by atoms with Crippen LogP contribution in [-0.4, -0.2) is 34.7 Å². The summed E-state index contributed by atoms with van der Waals surface area (Å²) >= 11 is 0. The number of benzene rings is 1. The Morgan fingerprint density at radius 2 is 2.00 bits per heavy atom. The van der Waals surface area contributed by atoms with Gasteiger partial charge in [0.15, 0.2) is 5.78 Å². The second-order valence-electron chi connectivity index (χ2n) is 5.49. The Morgan fingerprint density at radius 1 is 1.30 bits per heavy atom. The van der Waals surface area contributed by atoms with E-state index >= 15 is 0 Å². The number of ketones is 1. The van der Waals surface area contributed by atoms with E-state index in [0.29, 0.717) is 12.5 Å². The molecule has 104 valence electrons. The van der Waals surface area contributed by atoms with Gasteiger partial charge in [-0.05, 0) is 43.7 Å². The minimum Gasteiger partial charge on any atom is -0.296 e. The molecule has 5 nitrogen and oxygen atoms in total. The molecule has 2 heterocycles. The van der Waals surface area contributed by atoms with E-state index in [-0.39, 0.29) is 17.5 Å². The number of Topliss-reactive ketones (excluding diaryl/α,β-unsaturated/α-hetero) is 1. The molecule has 2 atom stereocenters. The molecule has 3 rings (SSSR count). The molecule has 1 aromatic carbocycles. The maximum Gasteiger partial charge on any atom is 0.269 e. The van der Waals surface area contributed by atoms with Gasteiger partial charge in [-0.1, -0.05) is 0 Å². The topological polar surface area (TPSA) is 63.4 Å². The van der Waals surface area contributed by atoms with E-state index in [1.807, 2.05) is 6.08 Å². The summed E-state index contributed by atoms with van der Waals surface area (Å²) in [6, 6.07) is 6.93. The first-order valence-electron chi connectivity index (χ1n) is 6.77. The van der Waals surface area contributed by atoms with Crippen LogP contribution in [-0.2, 0) is 4.79 Å². The van der Waals surface area contributed by atoms with Crippen LogP contribution >= 0.6 is 0 Å². The number of hydrogen-bond donors (Lipinski definition) is 0. The van der Waals surface area contributed by atoms with E-state index in [1.165, 1.54) is 12.1 Å². The zero-order valence-corrected chi connectivity index (χ0v) is 11.3. The molecular weight excluding hydrogens is 256 g/mol. The van der Waals surface area contributed by atoms with Crippen LogP contribution in [0.25, 0.3) is 6.08 Å². The average molecular weight is 272 g/mol. The Labute approximate surface area is 117 Å². The highest BCUT2D eigenvalue weighted by molar-refractivity contribution is 6.02. The lowest BCUT2D eigenvalue weighted by atomic mass is 9.94. The van der Waals surface area contributed by atoms with E-state index < -0.39 is 4.92 Å². The minimum atomic E-state index is -0.419. The molecule has 0 aromatic heterocycles. The van der Waals surface area contributed by atoms with Gasteiger partial charge < -0.3 is 0 Å². The molecule has 2 bridgehead atoms. The lowest BCUT2D eigenvalue weighted by molar-refractivity contribution is -0.384. The number of hydrogen-bond acceptors (Lipinski definition) is 4. The van der Waals surface area contributed by atoms with E-state index in [1.54, 1.807) is 12.1 Å². The Balaban J connectivity index is 1.90. The Bertz CT molecular complexity index is 592. The van der Waals surface area contributed by atoms with Gasteiger partial charge in [0.05, 0.1) is 4.92 Å².